The first-order chi connectivity index (χ1) is 7.81. The van der Waals surface area contributed by atoms with Crippen LogP contribution in [0.5, 0.6) is 0 Å². The molecule has 5 heteroatoms. The Hall–Kier alpha value is -0.940. The molecule has 0 radical (unpaired) electrons. The molecule has 1 aromatic heterocycles. The maximum Gasteiger partial charge on any atom is 0.283 e. The van der Waals surface area contributed by atoms with Crippen molar-refractivity contribution in [3.63, 3.8) is 0 Å². The van der Waals surface area contributed by atoms with E-state index in [1.165, 1.54) is 0 Å². The lowest BCUT2D eigenvalue weighted by Gasteiger charge is -2.11. The molecule has 1 aromatic rings. The zero-order chi connectivity index (χ0) is 11.8. The van der Waals surface area contributed by atoms with Gasteiger partial charge < -0.3 is 14.0 Å². The van der Waals surface area contributed by atoms with Crippen LogP contribution >= 0.6 is 0 Å². The second kappa shape index (κ2) is 7.35. The predicted molar refractivity (Wildman–Crippen MR) is 58.9 cm³/mol. The average Bonchev–Trinajstić information content (AvgIpc) is 2.74. The van der Waals surface area contributed by atoms with Crippen LogP contribution in [0.1, 0.15) is 51.6 Å². The van der Waals surface area contributed by atoms with Crippen molar-refractivity contribution < 1.29 is 14.0 Å². The minimum Gasteiger partial charge on any atom is -0.345 e. The Morgan fingerprint density at radius 3 is 2.44 bits per heavy atom. The van der Waals surface area contributed by atoms with Gasteiger partial charge in [-0.1, -0.05) is 18.5 Å². The summed E-state index contributed by atoms with van der Waals surface area (Å²) in [6.45, 7) is 7.04. The summed E-state index contributed by atoms with van der Waals surface area (Å²) in [5, 5.41) is 3.89. The normalized spacial score (nSPS) is 11.2. The van der Waals surface area contributed by atoms with Crippen LogP contribution < -0.4 is 0 Å². The van der Waals surface area contributed by atoms with E-state index >= 15 is 0 Å². The fraction of sp³-hybridized carbons (Fsp3) is 0.818. The van der Waals surface area contributed by atoms with E-state index in [-0.39, 0.29) is 0 Å². The van der Waals surface area contributed by atoms with Gasteiger partial charge in [-0.3, -0.25) is 0 Å². The second-order valence-corrected chi connectivity index (χ2v) is 3.40. The molecule has 1 rings (SSSR count). The van der Waals surface area contributed by atoms with Crippen LogP contribution in [-0.4, -0.2) is 23.4 Å². The summed E-state index contributed by atoms with van der Waals surface area (Å²) in [6.07, 6.45) is 2.49. The Bertz CT molecular complexity index is 283. The largest absolute Gasteiger partial charge is 0.345 e. The van der Waals surface area contributed by atoms with Crippen LogP contribution in [-0.2, 0) is 15.9 Å². The Morgan fingerprint density at radius 1 is 1.19 bits per heavy atom. The third-order valence-corrected chi connectivity index (χ3v) is 2.08. The lowest BCUT2D eigenvalue weighted by Crippen LogP contribution is -2.09. The Labute approximate surface area is 96.1 Å². The molecule has 16 heavy (non-hydrogen) atoms. The highest BCUT2D eigenvalue weighted by Gasteiger charge is 2.19. The molecule has 0 aliphatic rings. The van der Waals surface area contributed by atoms with Gasteiger partial charge in [0, 0.05) is 19.6 Å². The maximum absolute atomic E-state index is 5.37. The van der Waals surface area contributed by atoms with Gasteiger partial charge in [-0.25, -0.2) is 0 Å². The van der Waals surface area contributed by atoms with E-state index in [1.807, 2.05) is 13.8 Å². The molecule has 1 heterocycles. The minimum absolute atomic E-state index is 0.412. The molecule has 0 aromatic carbocycles. The van der Waals surface area contributed by atoms with E-state index in [0.717, 1.165) is 25.1 Å². The molecule has 0 spiro atoms. The van der Waals surface area contributed by atoms with Crippen molar-refractivity contribution in [3.05, 3.63) is 11.7 Å². The molecule has 5 nitrogen and oxygen atoms in total. The minimum atomic E-state index is -0.530. The summed E-state index contributed by atoms with van der Waals surface area (Å²) in [7, 11) is 0. The van der Waals surface area contributed by atoms with Crippen molar-refractivity contribution in [1.29, 1.82) is 0 Å². The van der Waals surface area contributed by atoms with E-state index in [2.05, 4.69) is 17.1 Å². The third-order valence-electron chi connectivity index (χ3n) is 2.08. The lowest BCUT2D eigenvalue weighted by atomic mass is 10.2. The topological polar surface area (TPSA) is 57.4 Å². The maximum atomic E-state index is 5.37. The Kier molecular flexibility index (Phi) is 6.03. The molecular weight excluding hydrogens is 208 g/mol. The quantitative estimate of drug-likeness (QED) is 0.640. The van der Waals surface area contributed by atoms with Gasteiger partial charge in [-0.15, -0.1) is 0 Å². The van der Waals surface area contributed by atoms with Gasteiger partial charge in [-0.2, -0.15) is 4.98 Å². The second-order valence-electron chi connectivity index (χ2n) is 3.40. The highest BCUT2D eigenvalue weighted by Crippen LogP contribution is 2.17. The van der Waals surface area contributed by atoms with Crippen LogP contribution in [0, 0.1) is 0 Å². The molecule has 0 saturated carbocycles. The molecule has 0 amide bonds. The molecule has 0 aliphatic carbocycles. The predicted octanol–water partition coefficient (Wildman–Crippen LogP) is 2.48. The monoisotopic (exact) mass is 228 g/mol. The van der Waals surface area contributed by atoms with E-state index in [4.69, 9.17) is 14.0 Å². The van der Waals surface area contributed by atoms with Crippen LogP contribution in [0.25, 0.3) is 0 Å². The summed E-state index contributed by atoms with van der Waals surface area (Å²) in [4.78, 5) is 4.26. The molecule has 0 aliphatic heterocycles. The fourth-order valence-electron chi connectivity index (χ4n) is 1.29. The average molecular weight is 228 g/mol. The van der Waals surface area contributed by atoms with Gasteiger partial charge in [0.05, 0.1) is 0 Å². The Morgan fingerprint density at radius 2 is 1.88 bits per heavy atom. The van der Waals surface area contributed by atoms with Crippen molar-refractivity contribution in [2.45, 2.75) is 46.3 Å². The van der Waals surface area contributed by atoms with Gasteiger partial charge in [0.2, 0.25) is 6.29 Å². The molecule has 0 bridgehead atoms. The standard InChI is InChI=1S/C11H20N2O3/c1-4-7-8-9-12-10(16-13-9)11(14-5-2)15-6-3/h11H,4-8H2,1-3H3. The molecule has 0 atom stereocenters. The van der Waals surface area contributed by atoms with Crippen molar-refractivity contribution in [2.24, 2.45) is 0 Å². The van der Waals surface area contributed by atoms with E-state index < -0.39 is 6.29 Å². The van der Waals surface area contributed by atoms with Crippen LogP contribution in [0.4, 0.5) is 0 Å². The van der Waals surface area contributed by atoms with Crippen LogP contribution in [0.2, 0.25) is 0 Å². The molecule has 0 N–H and O–H groups in total. The first-order valence-corrected chi connectivity index (χ1v) is 5.87. The summed E-state index contributed by atoms with van der Waals surface area (Å²) in [5.41, 5.74) is 0. The highest BCUT2D eigenvalue weighted by atomic mass is 16.7. The highest BCUT2D eigenvalue weighted by molar-refractivity contribution is 4.87. The number of rotatable bonds is 8. The van der Waals surface area contributed by atoms with Crippen molar-refractivity contribution in [2.75, 3.05) is 13.2 Å². The molecule has 0 saturated heterocycles. The molecule has 0 unspecified atom stereocenters. The van der Waals surface area contributed by atoms with E-state index in [0.29, 0.717) is 19.1 Å². The summed E-state index contributed by atoms with van der Waals surface area (Å²) in [5.74, 6) is 1.14. The van der Waals surface area contributed by atoms with E-state index in [9.17, 15) is 0 Å². The van der Waals surface area contributed by atoms with Gasteiger partial charge in [0.15, 0.2) is 5.82 Å². The van der Waals surface area contributed by atoms with Crippen molar-refractivity contribution in [1.82, 2.24) is 10.1 Å². The number of ether oxygens (including phenoxy) is 2. The van der Waals surface area contributed by atoms with Gasteiger partial charge >= 0.3 is 0 Å². The first kappa shape index (κ1) is 13.1. The Balaban J connectivity index is 2.58. The number of hydrogen-bond donors (Lipinski definition) is 0. The van der Waals surface area contributed by atoms with Gasteiger partial charge in [-0.05, 0) is 20.3 Å². The van der Waals surface area contributed by atoms with Crippen molar-refractivity contribution >= 4 is 0 Å². The number of hydrogen-bond acceptors (Lipinski definition) is 5. The third kappa shape index (κ3) is 3.90. The summed E-state index contributed by atoms with van der Waals surface area (Å²) >= 11 is 0. The van der Waals surface area contributed by atoms with E-state index in [1.54, 1.807) is 0 Å². The van der Waals surface area contributed by atoms with Crippen LogP contribution in [0.15, 0.2) is 4.52 Å². The first-order valence-electron chi connectivity index (χ1n) is 5.87. The number of nitrogens with zero attached hydrogens (tertiary/aromatic N) is 2. The summed E-state index contributed by atoms with van der Waals surface area (Å²) < 4.78 is 15.9. The SMILES string of the molecule is CCCCc1noc(C(OCC)OCC)n1. The number of aromatic nitrogens is 2. The zero-order valence-electron chi connectivity index (χ0n) is 10.2. The molecular formula is C11H20N2O3. The fourth-order valence-corrected chi connectivity index (χ4v) is 1.29. The molecule has 92 valence electrons. The smallest absolute Gasteiger partial charge is 0.283 e. The zero-order valence-corrected chi connectivity index (χ0v) is 10.2. The van der Waals surface area contributed by atoms with Crippen LogP contribution in [0.3, 0.4) is 0 Å². The molecule has 0 fully saturated rings. The number of unbranched alkanes of at least 4 members (excludes halogenated alkanes) is 1. The number of aryl methyl sites for hydroxylation is 1. The van der Waals surface area contributed by atoms with Gasteiger partial charge in [0.1, 0.15) is 0 Å². The summed E-state index contributed by atoms with van der Waals surface area (Å²) in [6, 6.07) is 0. The lowest BCUT2D eigenvalue weighted by molar-refractivity contribution is -0.155. The van der Waals surface area contributed by atoms with Gasteiger partial charge in [0.25, 0.3) is 5.89 Å². The van der Waals surface area contributed by atoms with Crippen molar-refractivity contribution in [3.8, 4) is 0 Å².